The van der Waals surface area contributed by atoms with Crippen LogP contribution in [0.2, 0.25) is 0 Å². The van der Waals surface area contributed by atoms with Crippen LogP contribution in [0.25, 0.3) is 0 Å². The quantitative estimate of drug-likeness (QED) is 0.284. The first-order valence-corrected chi connectivity index (χ1v) is 12.8. The van der Waals surface area contributed by atoms with E-state index in [-0.39, 0.29) is 5.54 Å². The Morgan fingerprint density at radius 3 is 1.45 bits per heavy atom. The van der Waals surface area contributed by atoms with E-state index in [0.29, 0.717) is 27.6 Å². The van der Waals surface area contributed by atoms with Crippen molar-refractivity contribution in [3.8, 4) is 0 Å². The Morgan fingerprint density at radius 2 is 1.03 bits per heavy atom. The van der Waals surface area contributed by atoms with E-state index in [1.807, 2.05) is 0 Å². The largest absolute Gasteiger partial charge is 0.311 e. The zero-order valence-electron chi connectivity index (χ0n) is 22.9. The summed E-state index contributed by atoms with van der Waals surface area (Å²) in [6.45, 7) is 32.8. The molecule has 0 bridgehead atoms. The van der Waals surface area contributed by atoms with Crippen molar-refractivity contribution >= 4 is 0 Å². The average Bonchev–Trinajstić information content (AvgIpc) is 2.64. The molecule has 0 aliphatic carbocycles. The second kappa shape index (κ2) is 11.0. The highest BCUT2D eigenvalue weighted by molar-refractivity contribution is 4.95. The third-order valence-electron chi connectivity index (χ3n) is 9.32. The van der Waals surface area contributed by atoms with Crippen molar-refractivity contribution in [1.82, 2.24) is 5.32 Å². The van der Waals surface area contributed by atoms with Crippen LogP contribution in [0.15, 0.2) is 0 Å². The van der Waals surface area contributed by atoms with Crippen molar-refractivity contribution in [2.75, 3.05) is 6.54 Å². The highest BCUT2D eigenvalue weighted by Crippen LogP contribution is 2.47. The van der Waals surface area contributed by atoms with Crippen LogP contribution in [-0.2, 0) is 0 Å². The lowest BCUT2D eigenvalue weighted by Gasteiger charge is -2.47. The molecule has 0 saturated carbocycles. The summed E-state index contributed by atoms with van der Waals surface area (Å²) in [6.07, 6.45) is 10.4. The molecule has 0 radical (unpaired) electrons. The van der Waals surface area contributed by atoms with Crippen LogP contribution in [-0.4, -0.2) is 12.1 Å². The van der Waals surface area contributed by atoms with Gasteiger partial charge >= 0.3 is 0 Å². The van der Waals surface area contributed by atoms with Crippen molar-refractivity contribution in [2.45, 2.75) is 147 Å². The van der Waals surface area contributed by atoms with Crippen molar-refractivity contribution in [3.63, 3.8) is 0 Å². The molecular formula is C28H59N. The molecule has 1 unspecified atom stereocenters. The SMILES string of the molecule is CCC(C)(CC)CCNC(C)(C)C(C)C(C)(C)CC(C)(C)CCC(C)(CC)CC. The van der Waals surface area contributed by atoms with Crippen LogP contribution < -0.4 is 5.32 Å². The first kappa shape index (κ1) is 29.0. The van der Waals surface area contributed by atoms with Gasteiger partial charge in [0.1, 0.15) is 0 Å². The maximum absolute atomic E-state index is 3.95. The van der Waals surface area contributed by atoms with Crippen molar-refractivity contribution in [2.24, 2.45) is 27.6 Å². The molecule has 0 aromatic heterocycles. The molecule has 0 heterocycles. The summed E-state index contributed by atoms with van der Waals surface area (Å²) >= 11 is 0. The maximum atomic E-state index is 3.95. The van der Waals surface area contributed by atoms with Gasteiger partial charge in [-0.2, -0.15) is 0 Å². The molecule has 0 saturated heterocycles. The number of rotatable bonds is 15. The first-order chi connectivity index (χ1) is 13.0. The Labute approximate surface area is 186 Å². The molecule has 1 nitrogen and oxygen atoms in total. The van der Waals surface area contributed by atoms with E-state index in [4.69, 9.17) is 0 Å². The molecule has 0 fully saturated rings. The molecule has 0 aliphatic heterocycles. The van der Waals surface area contributed by atoms with Gasteiger partial charge in [-0.05, 0) is 73.7 Å². The Kier molecular flexibility index (Phi) is 11.0. The Balaban J connectivity index is 4.98. The summed E-state index contributed by atoms with van der Waals surface area (Å²) in [5.74, 6) is 0.618. The Bertz CT molecular complexity index is 449. The lowest BCUT2D eigenvalue weighted by molar-refractivity contribution is 0.0581. The van der Waals surface area contributed by atoms with E-state index in [0.717, 1.165) is 6.54 Å². The fourth-order valence-corrected chi connectivity index (χ4v) is 5.14. The van der Waals surface area contributed by atoms with Gasteiger partial charge in [-0.3, -0.25) is 0 Å². The van der Waals surface area contributed by atoms with Crippen molar-refractivity contribution in [3.05, 3.63) is 0 Å². The second-order valence-corrected chi connectivity index (χ2v) is 13.0. The Morgan fingerprint density at radius 1 is 0.621 bits per heavy atom. The van der Waals surface area contributed by atoms with Gasteiger partial charge in [-0.1, -0.05) is 102 Å². The van der Waals surface area contributed by atoms with Crippen LogP contribution in [0.3, 0.4) is 0 Å². The van der Waals surface area contributed by atoms with Gasteiger partial charge in [-0.15, -0.1) is 0 Å². The van der Waals surface area contributed by atoms with Crippen LogP contribution in [0.5, 0.6) is 0 Å². The van der Waals surface area contributed by atoms with Crippen LogP contribution in [0.4, 0.5) is 0 Å². The van der Waals surface area contributed by atoms with Gasteiger partial charge in [-0.25, -0.2) is 0 Å². The maximum Gasteiger partial charge on any atom is 0.0155 e. The molecule has 1 N–H and O–H groups in total. The minimum absolute atomic E-state index is 0.156. The highest BCUT2D eigenvalue weighted by Gasteiger charge is 2.40. The molecule has 0 spiro atoms. The van der Waals surface area contributed by atoms with Gasteiger partial charge in [0.15, 0.2) is 0 Å². The van der Waals surface area contributed by atoms with Crippen molar-refractivity contribution < 1.29 is 0 Å². The minimum atomic E-state index is 0.156. The number of nitrogens with one attached hydrogen (secondary N) is 1. The molecule has 0 aliphatic rings. The third-order valence-corrected chi connectivity index (χ3v) is 9.32. The molecule has 1 heteroatoms. The molecular weight excluding hydrogens is 350 g/mol. The van der Waals surface area contributed by atoms with Gasteiger partial charge in [0.05, 0.1) is 0 Å². The molecule has 0 aromatic carbocycles. The van der Waals surface area contributed by atoms with E-state index in [1.165, 1.54) is 51.4 Å². The van der Waals surface area contributed by atoms with Gasteiger partial charge in [0.25, 0.3) is 0 Å². The molecule has 1 atom stereocenters. The fourth-order valence-electron chi connectivity index (χ4n) is 5.14. The monoisotopic (exact) mass is 409 g/mol. The summed E-state index contributed by atoms with van der Waals surface area (Å²) in [7, 11) is 0. The van der Waals surface area contributed by atoms with Crippen molar-refractivity contribution in [1.29, 1.82) is 0 Å². The number of hydrogen-bond acceptors (Lipinski definition) is 1. The number of hydrogen-bond donors (Lipinski definition) is 1. The second-order valence-electron chi connectivity index (χ2n) is 13.0. The highest BCUT2D eigenvalue weighted by atomic mass is 15.0. The van der Waals surface area contributed by atoms with Crippen LogP contribution in [0.1, 0.15) is 141 Å². The fraction of sp³-hybridized carbons (Fsp3) is 1.00. The molecule has 0 rings (SSSR count). The zero-order chi connectivity index (χ0) is 23.1. The Hall–Kier alpha value is -0.0400. The lowest BCUT2D eigenvalue weighted by Crippen LogP contribution is -2.51. The van der Waals surface area contributed by atoms with E-state index >= 15 is 0 Å². The van der Waals surface area contributed by atoms with E-state index < -0.39 is 0 Å². The molecule has 29 heavy (non-hydrogen) atoms. The lowest BCUT2D eigenvalue weighted by atomic mass is 9.62. The average molecular weight is 410 g/mol. The first-order valence-electron chi connectivity index (χ1n) is 12.8. The van der Waals surface area contributed by atoms with Gasteiger partial charge < -0.3 is 5.32 Å². The summed E-state index contributed by atoms with van der Waals surface area (Å²) < 4.78 is 0. The smallest absolute Gasteiger partial charge is 0.0155 e. The van der Waals surface area contributed by atoms with Crippen LogP contribution in [0, 0.1) is 27.6 Å². The van der Waals surface area contributed by atoms with E-state index in [9.17, 15) is 0 Å². The van der Waals surface area contributed by atoms with Crippen LogP contribution >= 0.6 is 0 Å². The third kappa shape index (κ3) is 9.32. The normalized spacial score (nSPS) is 15.6. The van der Waals surface area contributed by atoms with Gasteiger partial charge in [0, 0.05) is 5.54 Å². The summed E-state index contributed by atoms with van der Waals surface area (Å²) in [5.41, 5.74) is 1.85. The summed E-state index contributed by atoms with van der Waals surface area (Å²) in [5, 5.41) is 3.95. The standard InChI is InChI=1S/C28H59N/c1-14-27(12,15-2)19-18-24(6,7)22-25(8,9)23(5)26(10,11)29-21-20-28(13,16-3)17-4/h23,29H,14-22H2,1-13H3. The molecule has 0 amide bonds. The summed E-state index contributed by atoms with van der Waals surface area (Å²) in [6, 6.07) is 0. The van der Waals surface area contributed by atoms with E-state index in [2.05, 4.69) is 95.3 Å². The minimum Gasteiger partial charge on any atom is -0.311 e. The molecule has 0 aromatic rings. The topological polar surface area (TPSA) is 12.0 Å². The van der Waals surface area contributed by atoms with Gasteiger partial charge in [0.2, 0.25) is 0 Å². The van der Waals surface area contributed by atoms with E-state index in [1.54, 1.807) is 0 Å². The molecule has 176 valence electrons. The summed E-state index contributed by atoms with van der Waals surface area (Å²) in [4.78, 5) is 0. The predicted molar refractivity (Wildman–Crippen MR) is 135 cm³/mol. The predicted octanol–water partition coefficient (Wildman–Crippen LogP) is 9.26. The zero-order valence-corrected chi connectivity index (χ0v) is 22.9.